The van der Waals surface area contributed by atoms with Crippen molar-refractivity contribution in [3.8, 4) is 0 Å². The predicted molar refractivity (Wildman–Crippen MR) is 64.9 cm³/mol. The standard InChI is InChI=1S/C12H20N2O2/c1-5-7-12(4,6-2)14-8-9(3)10(15)13-11(14)16/h8H,5-7H2,1-4H3,(H,13,15,16). The first-order chi connectivity index (χ1) is 7.44. The van der Waals surface area contributed by atoms with Crippen LogP contribution in [0.15, 0.2) is 15.8 Å². The van der Waals surface area contributed by atoms with Gasteiger partial charge in [-0.25, -0.2) is 4.79 Å². The maximum Gasteiger partial charge on any atom is 0.328 e. The van der Waals surface area contributed by atoms with E-state index in [1.54, 1.807) is 17.7 Å². The monoisotopic (exact) mass is 224 g/mol. The van der Waals surface area contributed by atoms with Crippen molar-refractivity contribution in [2.45, 2.75) is 52.5 Å². The van der Waals surface area contributed by atoms with Gasteiger partial charge in [-0.2, -0.15) is 0 Å². The molecule has 0 saturated heterocycles. The van der Waals surface area contributed by atoms with Crippen LogP contribution < -0.4 is 11.2 Å². The van der Waals surface area contributed by atoms with Crippen LogP contribution in [0.4, 0.5) is 0 Å². The van der Waals surface area contributed by atoms with Gasteiger partial charge in [0.25, 0.3) is 5.56 Å². The summed E-state index contributed by atoms with van der Waals surface area (Å²) in [5, 5.41) is 0. The highest BCUT2D eigenvalue weighted by Crippen LogP contribution is 2.24. The second-order valence-electron chi connectivity index (χ2n) is 4.54. The van der Waals surface area contributed by atoms with Crippen molar-refractivity contribution in [1.29, 1.82) is 0 Å². The van der Waals surface area contributed by atoms with Crippen LogP contribution in [-0.4, -0.2) is 9.55 Å². The Morgan fingerprint density at radius 2 is 2.00 bits per heavy atom. The van der Waals surface area contributed by atoms with Crippen LogP contribution in [0.2, 0.25) is 0 Å². The van der Waals surface area contributed by atoms with Crippen LogP contribution >= 0.6 is 0 Å². The van der Waals surface area contributed by atoms with Gasteiger partial charge in [-0.15, -0.1) is 0 Å². The Hall–Kier alpha value is -1.32. The van der Waals surface area contributed by atoms with Crippen LogP contribution in [0.25, 0.3) is 0 Å². The molecule has 90 valence electrons. The molecule has 1 atom stereocenters. The van der Waals surface area contributed by atoms with E-state index in [9.17, 15) is 9.59 Å². The Morgan fingerprint density at radius 1 is 1.38 bits per heavy atom. The summed E-state index contributed by atoms with van der Waals surface area (Å²) in [6.07, 6.45) is 4.47. The molecule has 0 aromatic carbocycles. The van der Waals surface area contributed by atoms with Gasteiger partial charge in [0.15, 0.2) is 0 Å². The van der Waals surface area contributed by atoms with Gasteiger partial charge >= 0.3 is 5.69 Å². The van der Waals surface area contributed by atoms with E-state index in [4.69, 9.17) is 0 Å². The molecule has 0 aliphatic heterocycles. The molecule has 4 nitrogen and oxygen atoms in total. The van der Waals surface area contributed by atoms with Crippen LogP contribution in [-0.2, 0) is 5.54 Å². The molecule has 1 unspecified atom stereocenters. The fraction of sp³-hybridized carbons (Fsp3) is 0.667. The normalized spacial score (nSPS) is 14.8. The Bertz CT molecular complexity index is 473. The van der Waals surface area contributed by atoms with E-state index in [-0.39, 0.29) is 16.8 Å². The molecule has 1 heterocycles. The lowest BCUT2D eigenvalue weighted by molar-refractivity contribution is 0.265. The number of H-pyrrole nitrogens is 1. The van der Waals surface area contributed by atoms with E-state index in [1.807, 2.05) is 0 Å². The maximum absolute atomic E-state index is 11.8. The molecule has 0 radical (unpaired) electrons. The van der Waals surface area contributed by atoms with E-state index in [2.05, 4.69) is 25.8 Å². The molecule has 0 aliphatic rings. The van der Waals surface area contributed by atoms with Gasteiger partial charge in [-0.05, 0) is 26.7 Å². The number of hydrogen-bond donors (Lipinski definition) is 1. The van der Waals surface area contributed by atoms with Crippen LogP contribution in [0.5, 0.6) is 0 Å². The Labute approximate surface area is 95.3 Å². The third-order valence-corrected chi connectivity index (χ3v) is 3.25. The first-order valence-corrected chi connectivity index (χ1v) is 5.77. The summed E-state index contributed by atoms with van der Waals surface area (Å²) in [5.41, 5.74) is -0.235. The molecule has 1 N–H and O–H groups in total. The number of hydrogen-bond acceptors (Lipinski definition) is 2. The van der Waals surface area contributed by atoms with Crippen LogP contribution in [0.3, 0.4) is 0 Å². The smallest absolute Gasteiger partial charge is 0.295 e. The van der Waals surface area contributed by atoms with E-state index < -0.39 is 0 Å². The van der Waals surface area contributed by atoms with Gasteiger partial charge in [-0.3, -0.25) is 14.3 Å². The van der Waals surface area contributed by atoms with Crippen molar-refractivity contribution in [3.63, 3.8) is 0 Å². The largest absolute Gasteiger partial charge is 0.328 e. The van der Waals surface area contributed by atoms with Crippen LogP contribution in [0.1, 0.15) is 45.6 Å². The summed E-state index contributed by atoms with van der Waals surface area (Å²) in [5.74, 6) is 0. The average Bonchev–Trinajstić information content (AvgIpc) is 2.23. The summed E-state index contributed by atoms with van der Waals surface area (Å²) in [7, 11) is 0. The van der Waals surface area contributed by atoms with E-state index in [1.165, 1.54) is 0 Å². The van der Waals surface area contributed by atoms with Gasteiger partial charge in [0.2, 0.25) is 0 Å². The molecule has 1 aromatic rings. The second-order valence-corrected chi connectivity index (χ2v) is 4.54. The Balaban J connectivity index is 3.36. The predicted octanol–water partition coefficient (Wildman–Crippen LogP) is 1.77. The number of nitrogens with zero attached hydrogens (tertiary/aromatic N) is 1. The van der Waals surface area contributed by atoms with Crippen LogP contribution in [0, 0.1) is 6.92 Å². The van der Waals surface area contributed by atoms with Crippen molar-refractivity contribution in [3.05, 3.63) is 32.6 Å². The molecule has 4 heteroatoms. The second kappa shape index (κ2) is 4.68. The zero-order valence-corrected chi connectivity index (χ0v) is 10.5. The third kappa shape index (κ3) is 2.26. The molecule has 0 spiro atoms. The summed E-state index contributed by atoms with van der Waals surface area (Å²) < 4.78 is 1.66. The van der Waals surface area contributed by atoms with E-state index >= 15 is 0 Å². The van der Waals surface area contributed by atoms with E-state index in [0.29, 0.717) is 5.56 Å². The first kappa shape index (κ1) is 12.7. The van der Waals surface area contributed by atoms with Crippen molar-refractivity contribution >= 4 is 0 Å². The highest BCUT2D eigenvalue weighted by atomic mass is 16.2. The lowest BCUT2D eigenvalue weighted by Crippen LogP contribution is -2.42. The molecular formula is C12H20N2O2. The number of nitrogens with one attached hydrogen (secondary N) is 1. The minimum Gasteiger partial charge on any atom is -0.295 e. The lowest BCUT2D eigenvalue weighted by atomic mass is 9.92. The molecule has 0 aliphatic carbocycles. The number of aryl methyl sites for hydroxylation is 1. The van der Waals surface area contributed by atoms with Gasteiger partial charge in [0.05, 0.1) is 0 Å². The minimum absolute atomic E-state index is 0.208. The molecule has 0 fully saturated rings. The van der Waals surface area contributed by atoms with Gasteiger partial charge < -0.3 is 0 Å². The summed E-state index contributed by atoms with van der Waals surface area (Å²) in [4.78, 5) is 25.4. The SMILES string of the molecule is CCCC(C)(CC)n1cc(C)c(=O)[nH]c1=O. The lowest BCUT2D eigenvalue weighted by Gasteiger charge is -2.30. The average molecular weight is 224 g/mol. The molecule has 1 rings (SSSR count). The number of aromatic nitrogens is 2. The summed E-state index contributed by atoms with van der Waals surface area (Å²) >= 11 is 0. The molecular weight excluding hydrogens is 204 g/mol. The van der Waals surface area contributed by atoms with Gasteiger partial charge in [-0.1, -0.05) is 20.3 Å². The molecule has 1 aromatic heterocycles. The highest BCUT2D eigenvalue weighted by Gasteiger charge is 2.24. The first-order valence-electron chi connectivity index (χ1n) is 5.77. The van der Waals surface area contributed by atoms with Crippen molar-refractivity contribution in [1.82, 2.24) is 9.55 Å². The molecule has 0 bridgehead atoms. The highest BCUT2D eigenvalue weighted by molar-refractivity contribution is 5.03. The maximum atomic E-state index is 11.8. The van der Waals surface area contributed by atoms with Crippen molar-refractivity contribution < 1.29 is 0 Å². The topological polar surface area (TPSA) is 54.9 Å². The summed E-state index contributed by atoms with van der Waals surface area (Å²) in [6, 6.07) is 0. The third-order valence-electron chi connectivity index (χ3n) is 3.25. The number of aromatic amines is 1. The minimum atomic E-state index is -0.312. The van der Waals surface area contributed by atoms with E-state index in [0.717, 1.165) is 19.3 Å². The molecule has 16 heavy (non-hydrogen) atoms. The van der Waals surface area contributed by atoms with Crippen molar-refractivity contribution in [2.75, 3.05) is 0 Å². The van der Waals surface area contributed by atoms with Gasteiger partial charge in [0, 0.05) is 17.3 Å². The number of rotatable bonds is 4. The fourth-order valence-electron chi connectivity index (χ4n) is 1.97. The zero-order valence-electron chi connectivity index (χ0n) is 10.5. The van der Waals surface area contributed by atoms with Crippen molar-refractivity contribution in [2.24, 2.45) is 0 Å². The summed E-state index contributed by atoms with van der Waals surface area (Å²) in [6.45, 7) is 7.92. The quantitative estimate of drug-likeness (QED) is 0.847. The fourth-order valence-corrected chi connectivity index (χ4v) is 1.97. The Kier molecular flexibility index (Phi) is 3.73. The molecule has 0 saturated carbocycles. The molecule has 0 amide bonds. The van der Waals surface area contributed by atoms with Gasteiger partial charge in [0.1, 0.15) is 0 Å². The Morgan fingerprint density at radius 3 is 2.50 bits per heavy atom. The zero-order chi connectivity index (χ0) is 12.3.